The summed E-state index contributed by atoms with van der Waals surface area (Å²) < 4.78 is 1.83. The van der Waals surface area contributed by atoms with Gasteiger partial charge in [-0.2, -0.15) is 0 Å². The van der Waals surface area contributed by atoms with Crippen molar-refractivity contribution in [1.29, 1.82) is 0 Å². The van der Waals surface area contributed by atoms with Crippen LogP contribution in [0.1, 0.15) is 52.5 Å². The number of benzene rings is 1. The fourth-order valence-corrected chi connectivity index (χ4v) is 3.59. The van der Waals surface area contributed by atoms with Gasteiger partial charge >= 0.3 is 0 Å². The Labute approximate surface area is 160 Å². The van der Waals surface area contributed by atoms with E-state index in [1.54, 1.807) is 6.20 Å². The minimum absolute atomic E-state index is 0.0608. The zero-order valence-electron chi connectivity index (χ0n) is 16.2. The second kappa shape index (κ2) is 9.10. The summed E-state index contributed by atoms with van der Waals surface area (Å²) >= 11 is 0. The normalized spacial score (nSPS) is 17.8. The number of hydrogen-bond acceptors (Lipinski definition) is 5. The molecule has 1 atom stereocenters. The highest BCUT2D eigenvalue weighted by Gasteiger charge is 2.23. The summed E-state index contributed by atoms with van der Waals surface area (Å²) in [5.74, 6) is -0.238. The van der Waals surface area contributed by atoms with Crippen molar-refractivity contribution in [3.63, 3.8) is 0 Å². The van der Waals surface area contributed by atoms with Gasteiger partial charge in [0.25, 0.3) is 5.91 Å². The Morgan fingerprint density at radius 1 is 1.37 bits per heavy atom. The van der Waals surface area contributed by atoms with Crippen LogP contribution >= 0.6 is 0 Å². The molecule has 1 aromatic heterocycles. The summed E-state index contributed by atoms with van der Waals surface area (Å²) in [6.07, 6.45) is 4.42. The fourth-order valence-electron chi connectivity index (χ4n) is 3.59. The lowest BCUT2D eigenvalue weighted by atomic mass is 10.0. The molecule has 0 spiro atoms. The second-order valence-corrected chi connectivity index (χ2v) is 7.38. The van der Waals surface area contributed by atoms with Crippen molar-refractivity contribution in [2.45, 2.75) is 45.7 Å². The number of aromatic nitrogens is 3. The van der Waals surface area contributed by atoms with Crippen LogP contribution in [-0.2, 0) is 6.54 Å². The van der Waals surface area contributed by atoms with Crippen molar-refractivity contribution >= 4 is 5.91 Å². The number of carbonyl (C=O) groups excluding carboxylic acids is 1. The number of rotatable bonds is 7. The molecule has 0 saturated carbocycles. The Kier molecular flexibility index (Phi) is 6.58. The molecule has 2 aromatic rings. The number of carbonyl (C=O) groups is 1. The molecule has 7 nitrogen and oxygen atoms in total. The molecule has 2 N–H and O–H groups in total. The van der Waals surface area contributed by atoms with Crippen LogP contribution in [0.2, 0.25) is 0 Å². The lowest BCUT2D eigenvalue weighted by Gasteiger charge is -2.32. The Morgan fingerprint density at radius 3 is 3.00 bits per heavy atom. The number of piperidine rings is 1. The third kappa shape index (κ3) is 5.14. The molecule has 1 fully saturated rings. The number of aliphatic hydroxyl groups excluding tert-OH is 1. The highest BCUT2D eigenvalue weighted by atomic mass is 16.3. The van der Waals surface area contributed by atoms with Crippen LogP contribution in [0.5, 0.6) is 0 Å². The first-order valence-electron chi connectivity index (χ1n) is 9.66. The predicted molar refractivity (Wildman–Crippen MR) is 104 cm³/mol. The summed E-state index contributed by atoms with van der Waals surface area (Å²) in [6, 6.07) is 6.85. The van der Waals surface area contributed by atoms with E-state index in [1.807, 2.05) is 4.68 Å². The highest BCUT2D eigenvalue weighted by molar-refractivity contribution is 5.91. The van der Waals surface area contributed by atoms with Crippen molar-refractivity contribution in [2.24, 2.45) is 0 Å². The Balaban J connectivity index is 1.60. The number of nitrogens with zero attached hydrogens (tertiary/aromatic N) is 4. The molecule has 3 rings (SSSR count). The maximum absolute atomic E-state index is 12.1. The molecule has 146 valence electrons. The Morgan fingerprint density at radius 2 is 2.22 bits per heavy atom. The van der Waals surface area contributed by atoms with E-state index in [-0.39, 0.29) is 18.6 Å². The second-order valence-electron chi connectivity index (χ2n) is 7.38. The molecule has 1 aliphatic heterocycles. The number of nitrogens with one attached hydrogen (secondary N) is 1. The van der Waals surface area contributed by atoms with E-state index in [1.165, 1.54) is 16.7 Å². The van der Waals surface area contributed by atoms with Crippen molar-refractivity contribution in [1.82, 2.24) is 25.2 Å². The number of amides is 1. The summed E-state index contributed by atoms with van der Waals surface area (Å²) in [7, 11) is 0. The number of likely N-dealkylation sites (tertiary alicyclic amines) is 1. The first-order valence-corrected chi connectivity index (χ1v) is 9.66. The van der Waals surface area contributed by atoms with E-state index in [0.29, 0.717) is 18.7 Å². The Bertz CT molecular complexity index is 773. The van der Waals surface area contributed by atoms with Crippen LogP contribution in [0.25, 0.3) is 0 Å². The first-order chi connectivity index (χ1) is 13.1. The minimum Gasteiger partial charge on any atom is -0.396 e. The molecule has 0 radical (unpaired) electrons. The van der Waals surface area contributed by atoms with Gasteiger partial charge in [-0.05, 0) is 50.8 Å². The van der Waals surface area contributed by atoms with Gasteiger partial charge in [0.2, 0.25) is 0 Å². The van der Waals surface area contributed by atoms with E-state index in [2.05, 4.69) is 52.6 Å². The molecule has 27 heavy (non-hydrogen) atoms. The molecular weight excluding hydrogens is 342 g/mol. The van der Waals surface area contributed by atoms with Crippen LogP contribution in [0.15, 0.2) is 24.4 Å². The molecule has 1 saturated heterocycles. The molecule has 1 unspecified atom stereocenters. The van der Waals surface area contributed by atoms with Gasteiger partial charge in [-0.1, -0.05) is 29.0 Å². The Hall–Kier alpha value is -2.25. The van der Waals surface area contributed by atoms with E-state index in [9.17, 15) is 4.79 Å². The lowest BCUT2D eigenvalue weighted by molar-refractivity contribution is 0.0946. The number of hydrogen-bond donors (Lipinski definition) is 2. The molecule has 2 heterocycles. The summed E-state index contributed by atoms with van der Waals surface area (Å²) in [6.45, 7) is 7.71. The SMILES string of the molecule is Cc1ccc(CN2CCCC(n3cc(C(=O)NCCCO)nn3)C2)c(C)c1. The van der Waals surface area contributed by atoms with Crippen molar-refractivity contribution < 1.29 is 9.90 Å². The molecule has 1 aliphatic rings. The van der Waals surface area contributed by atoms with Crippen LogP contribution in [0.4, 0.5) is 0 Å². The molecule has 1 amide bonds. The third-order valence-corrected chi connectivity index (χ3v) is 5.11. The number of aryl methyl sites for hydroxylation is 2. The standard InChI is InChI=1S/C20H29N5O2/c1-15-6-7-17(16(2)11-15)12-24-9-3-5-18(13-24)25-14-19(22-23-25)20(27)21-8-4-10-26/h6-7,11,14,18,26H,3-5,8-10,12-13H2,1-2H3,(H,21,27). The van der Waals surface area contributed by atoms with Crippen LogP contribution in [-0.4, -0.2) is 57.1 Å². The van der Waals surface area contributed by atoms with E-state index >= 15 is 0 Å². The first kappa shape index (κ1) is 19.5. The predicted octanol–water partition coefficient (Wildman–Crippen LogP) is 1.84. The fraction of sp³-hybridized carbons (Fsp3) is 0.550. The van der Waals surface area contributed by atoms with E-state index < -0.39 is 0 Å². The van der Waals surface area contributed by atoms with Crippen molar-refractivity contribution in [3.05, 3.63) is 46.8 Å². The summed E-state index contributed by atoms with van der Waals surface area (Å²) in [4.78, 5) is 14.5. The topological polar surface area (TPSA) is 83.3 Å². The van der Waals surface area contributed by atoms with Gasteiger partial charge in [-0.3, -0.25) is 9.69 Å². The minimum atomic E-state index is -0.238. The van der Waals surface area contributed by atoms with Gasteiger partial charge in [0, 0.05) is 26.2 Å². The van der Waals surface area contributed by atoms with Crippen molar-refractivity contribution in [2.75, 3.05) is 26.2 Å². The van der Waals surface area contributed by atoms with Crippen LogP contribution in [0.3, 0.4) is 0 Å². The highest BCUT2D eigenvalue weighted by Crippen LogP contribution is 2.23. The van der Waals surface area contributed by atoms with E-state index in [0.717, 1.165) is 32.5 Å². The zero-order valence-corrected chi connectivity index (χ0v) is 16.2. The maximum atomic E-state index is 12.1. The average molecular weight is 371 g/mol. The smallest absolute Gasteiger partial charge is 0.273 e. The zero-order chi connectivity index (χ0) is 19.2. The summed E-state index contributed by atoms with van der Waals surface area (Å²) in [5, 5.41) is 19.8. The monoisotopic (exact) mass is 371 g/mol. The van der Waals surface area contributed by atoms with Gasteiger partial charge in [0.1, 0.15) is 0 Å². The largest absolute Gasteiger partial charge is 0.396 e. The van der Waals surface area contributed by atoms with Crippen LogP contribution < -0.4 is 5.32 Å². The maximum Gasteiger partial charge on any atom is 0.273 e. The van der Waals surface area contributed by atoms with Gasteiger partial charge in [0.05, 0.1) is 12.2 Å². The van der Waals surface area contributed by atoms with Gasteiger partial charge in [0.15, 0.2) is 5.69 Å². The molecule has 0 bridgehead atoms. The lowest BCUT2D eigenvalue weighted by Crippen LogP contribution is -2.36. The van der Waals surface area contributed by atoms with Crippen LogP contribution in [0, 0.1) is 13.8 Å². The van der Waals surface area contributed by atoms with E-state index in [4.69, 9.17) is 5.11 Å². The third-order valence-electron chi connectivity index (χ3n) is 5.11. The molecule has 1 aromatic carbocycles. The van der Waals surface area contributed by atoms with Gasteiger partial charge in [-0.15, -0.1) is 5.10 Å². The average Bonchev–Trinajstić information content (AvgIpc) is 3.15. The molecular formula is C20H29N5O2. The molecule has 0 aliphatic carbocycles. The molecule has 7 heteroatoms. The van der Waals surface area contributed by atoms with Crippen molar-refractivity contribution in [3.8, 4) is 0 Å². The quantitative estimate of drug-likeness (QED) is 0.726. The van der Waals surface area contributed by atoms with Gasteiger partial charge < -0.3 is 10.4 Å². The summed E-state index contributed by atoms with van der Waals surface area (Å²) in [5.41, 5.74) is 4.32. The van der Waals surface area contributed by atoms with Gasteiger partial charge in [-0.25, -0.2) is 4.68 Å². The number of aliphatic hydroxyl groups is 1.